The maximum Gasteiger partial charge on any atom is 0.224 e. The highest BCUT2D eigenvalue weighted by Gasteiger charge is 2.13. The second-order valence-electron chi connectivity index (χ2n) is 5.18. The van der Waals surface area contributed by atoms with Crippen molar-refractivity contribution in [3.63, 3.8) is 0 Å². The summed E-state index contributed by atoms with van der Waals surface area (Å²) in [6.45, 7) is 1.96. The van der Waals surface area contributed by atoms with Gasteiger partial charge < -0.3 is 14.8 Å². The van der Waals surface area contributed by atoms with Crippen LogP contribution in [0.2, 0.25) is 0 Å². The van der Waals surface area contributed by atoms with E-state index >= 15 is 0 Å². The van der Waals surface area contributed by atoms with Crippen LogP contribution in [0.5, 0.6) is 11.5 Å². The minimum atomic E-state index is -0.0711. The summed E-state index contributed by atoms with van der Waals surface area (Å²) in [5, 5.41) is 3.01. The van der Waals surface area contributed by atoms with Gasteiger partial charge in [-0.3, -0.25) is 4.79 Å². The van der Waals surface area contributed by atoms with Crippen LogP contribution in [0.3, 0.4) is 0 Å². The predicted molar refractivity (Wildman–Crippen MR) is 93.9 cm³/mol. The van der Waals surface area contributed by atoms with Crippen LogP contribution in [-0.2, 0) is 11.2 Å². The third-order valence-electron chi connectivity index (χ3n) is 3.56. The monoisotopic (exact) mass is 377 g/mol. The number of methoxy groups -OCH3 is 2. The smallest absolute Gasteiger partial charge is 0.224 e. The number of halogens is 1. The van der Waals surface area contributed by atoms with Gasteiger partial charge in [-0.15, -0.1) is 0 Å². The van der Waals surface area contributed by atoms with Crippen LogP contribution in [0.4, 0.5) is 0 Å². The largest absolute Gasteiger partial charge is 0.493 e. The van der Waals surface area contributed by atoms with E-state index in [-0.39, 0.29) is 18.4 Å². The molecule has 0 fully saturated rings. The average Bonchev–Trinajstić information content (AvgIpc) is 2.54. The number of ether oxygens (including phenoxy) is 2. The molecular formula is C18H20BrNO3. The maximum atomic E-state index is 12.3. The molecule has 1 unspecified atom stereocenters. The van der Waals surface area contributed by atoms with Crippen LogP contribution in [-0.4, -0.2) is 20.1 Å². The molecule has 0 bridgehead atoms. The van der Waals surface area contributed by atoms with Crippen molar-refractivity contribution in [1.82, 2.24) is 5.32 Å². The molecule has 1 N–H and O–H groups in total. The number of carbonyl (C=O) groups is 1. The van der Waals surface area contributed by atoms with E-state index in [2.05, 4.69) is 21.2 Å². The van der Waals surface area contributed by atoms with E-state index in [0.29, 0.717) is 11.5 Å². The summed E-state index contributed by atoms with van der Waals surface area (Å²) in [5.41, 5.74) is 1.92. The average molecular weight is 378 g/mol. The van der Waals surface area contributed by atoms with Crippen molar-refractivity contribution >= 4 is 21.8 Å². The molecule has 5 heteroatoms. The van der Waals surface area contributed by atoms with Crippen molar-refractivity contribution in [2.24, 2.45) is 0 Å². The fourth-order valence-electron chi connectivity index (χ4n) is 2.37. The van der Waals surface area contributed by atoms with Crippen molar-refractivity contribution in [2.75, 3.05) is 14.2 Å². The zero-order chi connectivity index (χ0) is 16.8. The molecular weight excluding hydrogens is 358 g/mol. The SMILES string of the molecule is COc1ccc(CC(=O)NC(C)c2ccccc2Br)cc1OC. The van der Waals surface area contributed by atoms with Gasteiger partial charge in [-0.2, -0.15) is 0 Å². The minimum absolute atomic E-state index is 0.0412. The fraction of sp³-hybridized carbons (Fsp3) is 0.278. The van der Waals surface area contributed by atoms with Gasteiger partial charge in [-0.25, -0.2) is 0 Å². The summed E-state index contributed by atoms with van der Waals surface area (Å²) in [5.74, 6) is 1.23. The fourth-order valence-corrected chi connectivity index (χ4v) is 3.00. The normalized spacial score (nSPS) is 11.7. The van der Waals surface area contributed by atoms with Crippen molar-refractivity contribution < 1.29 is 14.3 Å². The van der Waals surface area contributed by atoms with Crippen LogP contribution in [0.1, 0.15) is 24.1 Å². The first kappa shape index (κ1) is 17.3. The van der Waals surface area contributed by atoms with E-state index in [1.165, 1.54) is 0 Å². The molecule has 2 aromatic carbocycles. The van der Waals surface area contributed by atoms with Crippen LogP contribution in [0.25, 0.3) is 0 Å². The van der Waals surface area contributed by atoms with Crippen molar-refractivity contribution in [3.05, 3.63) is 58.1 Å². The van der Waals surface area contributed by atoms with Gasteiger partial charge in [0.25, 0.3) is 0 Å². The predicted octanol–water partition coefficient (Wildman–Crippen LogP) is 3.89. The Kier molecular flexibility index (Phi) is 6.04. The minimum Gasteiger partial charge on any atom is -0.493 e. The molecule has 2 rings (SSSR count). The van der Waals surface area contributed by atoms with Gasteiger partial charge >= 0.3 is 0 Å². The number of carbonyl (C=O) groups excluding carboxylic acids is 1. The highest BCUT2D eigenvalue weighted by molar-refractivity contribution is 9.10. The van der Waals surface area contributed by atoms with Crippen LogP contribution in [0, 0.1) is 0 Å². The van der Waals surface area contributed by atoms with Gasteiger partial charge in [0.05, 0.1) is 26.7 Å². The Morgan fingerprint density at radius 2 is 1.83 bits per heavy atom. The summed E-state index contributed by atoms with van der Waals surface area (Å²) in [6, 6.07) is 13.3. The lowest BCUT2D eigenvalue weighted by Crippen LogP contribution is -2.28. The molecule has 1 amide bonds. The molecule has 1 atom stereocenters. The molecule has 122 valence electrons. The van der Waals surface area contributed by atoms with Gasteiger partial charge in [0, 0.05) is 4.47 Å². The molecule has 0 spiro atoms. The standard InChI is InChI=1S/C18H20BrNO3/c1-12(14-6-4-5-7-15(14)19)20-18(21)11-13-8-9-16(22-2)17(10-13)23-3/h4-10,12H,11H2,1-3H3,(H,20,21). The van der Waals surface area contributed by atoms with Crippen molar-refractivity contribution in [1.29, 1.82) is 0 Å². The third kappa shape index (κ3) is 4.48. The Morgan fingerprint density at radius 3 is 2.48 bits per heavy atom. The first-order valence-electron chi connectivity index (χ1n) is 7.30. The Bertz CT molecular complexity index is 688. The first-order chi connectivity index (χ1) is 11.0. The summed E-state index contributed by atoms with van der Waals surface area (Å²) in [4.78, 5) is 12.3. The van der Waals surface area contributed by atoms with E-state index < -0.39 is 0 Å². The molecule has 0 aliphatic carbocycles. The number of benzene rings is 2. The number of nitrogens with one attached hydrogen (secondary N) is 1. The Morgan fingerprint density at radius 1 is 1.13 bits per heavy atom. The molecule has 23 heavy (non-hydrogen) atoms. The van der Waals surface area contributed by atoms with Crippen LogP contribution < -0.4 is 14.8 Å². The number of rotatable bonds is 6. The lowest BCUT2D eigenvalue weighted by Gasteiger charge is -2.16. The Labute approximate surface area is 144 Å². The molecule has 0 radical (unpaired) electrons. The molecule has 0 saturated carbocycles. The first-order valence-corrected chi connectivity index (χ1v) is 8.09. The maximum absolute atomic E-state index is 12.3. The summed E-state index contributed by atoms with van der Waals surface area (Å²) >= 11 is 3.51. The topological polar surface area (TPSA) is 47.6 Å². The quantitative estimate of drug-likeness (QED) is 0.830. The third-order valence-corrected chi connectivity index (χ3v) is 4.28. The van der Waals surface area contributed by atoms with Crippen molar-refractivity contribution in [2.45, 2.75) is 19.4 Å². The molecule has 2 aromatic rings. The molecule has 4 nitrogen and oxygen atoms in total. The molecule has 0 aromatic heterocycles. The Hall–Kier alpha value is -2.01. The second-order valence-corrected chi connectivity index (χ2v) is 6.03. The van der Waals surface area contributed by atoms with Gasteiger partial charge in [0.2, 0.25) is 5.91 Å². The zero-order valence-electron chi connectivity index (χ0n) is 13.4. The van der Waals surface area contributed by atoms with Crippen LogP contribution >= 0.6 is 15.9 Å². The van der Waals surface area contributed by atoms with Gasteiger partial charge in [0.15, 0.2) is 11.5 Å². The van der Waals surface area contributed by atoms with Gasteiger partial charge in [-0.1, -0.05) is 40.2 Å². The zero-order valence-corrected chi connectivity index (χ0v) is 15.0. The van der Waals surface area contributed by atoms with Gasteiger partial charge in [-0.05, 0) is 36.2 Å². The second kappa shape index (κ2) is 8.02. The Balaban J connectivity index is 2.03. The van der Waals surface area contributed by atoms with E-state index in [1.54, 1.807) is 20.3 Å². The van der Waals surface area contributed by atoms with Crippen LogP contribution in [0.15, 0.2) is 46.9 Å². The number of hydrogen-bond donors (Lipinski definition) is 1. The highest BCUT2D eigenvalue weighted by Crippen LogP contribution is 2.28. The lowest BCUT2D eigenvalue weighted by molar-refractivity contribution is -0.121. The molecule has 0 aliphatic rings. The molecule has 0 heterocycles. The van der Waals surface area contributed by atoms with Crippen molar-refractivity contribution in [3.8, 4) is 11.5 Å². The van der Waals surface area contributed by atoms with E-state index in [9.17, 15) is 4.79 Å². The lowest BCUT2D eigenvalue weighted by atomic mass is 10.1. The molecule has 0 aliphatic heterocycles. The molecule has 0 saturated heterocycles. The summed E-state index contributed by atoms with van der Waals surface area (Å²) in [7, 11) is 3.17. The summed E-state index contributed by atoms with van der Waals surface area (Å²) in [6.07, 6.45) is 0.287. The van der Waals surface area contributed by atoms with E-state index in [1.807, 2.05) is 43.3 Å². The van der Waals surface area contributed by atoms with E-state index in [0.717, 1.165) is 15.6 Å². The highest BCUT2D eigenvalue weighted by atomic mass is 79.9. The van der Waals surface area contributed by atoms with E-state index in [4.69, 9.17) is 9.47 Å². The number of hydrogen-bond acceptors (Lipinski definition) is 3. The number of amides is 1. The summed E-state index contributed by atoms with van der Waals surface area (Å²) < 4.78 is 11.4. The van der Waals surface area contributed by atoms with Gasteiger partial charge in [0.1, 0.15) is 0 Å².